The molecule has 0 aromatic heterocycles. The van der Waals surface area contributed by atoms with Gasteiger partial charge in [0.1, 0.15) is 24.5 Å². The van der Waals surface area contributed by atoms with E-state index in [0.717, 1.165) is 18.2 Å². The monoisotopic (exact) mass is 557 g/mol. The molecule has 0 unspecified atom stereocenters. The van der Waals surface area contributed by atoms with E-state index in [0.29, 0.717) is 12.2 Å². The molecule has 4 aromatic carbocycles. The van der Waals surface area contributed by atoms with Gasteiger partial charge in [0.05, 0.1) is 24.1 Å². The summed E-state index contributed by atoms with van der Waals surface area (Å²) in [6, 6.07) is 30.7. The molecule has 0 fully saturated rings. The topological polar surface area (TPSA) is 103 Å². The highest BCUT2D eigenvalue weighted by Crippen LogP contribution is 2.28. The van der Waals surface area contributed by atoms with Crippen LogP contribution < -0.4 is 14.4 Å². The predicted octanol–water partition coefficient (Wildman–Crippen LogP) is 5.03. The van der Waals surface area contributed by atoms with Crippen LogP contribution in [0.15, 0.2) is 91.0 Å². The van der Waals surface area contributed by atoms with Crippen molar-refractivity contribution in [3.63, 3.8) is 0 Å². The average molecular weight is 558 g/mol. The number of nitrogens with one attached hydrogen (secondary N) is 1. The van der Waals surface area contributed by atoms with Gasteiger partial charge in [-0.2, -0.15) is 5.26 Å². The summed E-state index contributed by atoms with van der Waals surface area (Å²) in [5.74, 6) is 0.286. The van der Waals surface area contributed by atoms with E-state index in [1.165, 1.54) is 26.7 Å². The highest BCUT2D eigenvalue weighted by Gasteiger charge is 2.22. The molecule has 4 aromatic rings. The molecule has 0 spiro atoms. The fourth-order valence-corrected chi connectivity index (χ4v) is 5.48. The van der Waals surface area contributed by atoms with Crippen LogP contribution in [0.1, 0.15) is 30.5 Å². The van der Waals surface area contributed by atoms with E-state index < -0.39 is 16.1 Å². The summed E-state index contributed by atoms with van der Waals surface area (Å²) >= 11 is 0. The molecule has 8 heteroatoms. The minimum Gasteiger partial charge on any atom is -0.489 e. The van der Waals surface area contributed by atoms with Crippen molar-refractivity contribution in [2.45, 2.75) is 38.5 Å². The van der Waals surface area contributed by atoms with Gasteiger partial charge in [-0.3, -0.25) is 4.31 Å². The summed E-state index contributed by atoms with van der Waals surface area (Å²) in [4.78, 5) is 0. The second-order valence-electron chi connectivity index (χ2n) is 10.6. The number of fused-ring (bicyclic) bond motifs is 1. The molecule has 40 heavy (non-hydrogen) atoms. The van der Waals surface area contributed by atoms with Gasteiger partial charge in [0.2, 0.25) is 10.0 Å². The van der Waals surface area contributed by atoms with Gasteiger partial charge >= 0.3 is 0 Å². The lowest BCUT2D eigenvalue weighted by molar-refractivity contribution is 0.0987. The number of β-amino-alcohol motifs (C(OH)–C–C–N with tert-alkyl or cyclic N) is 1. The molecule has 0 heterocycles. The standard InChI is InChI=1S/C32H35N3O4S/c1-32(2,19-25-13-14-26-11-7-8-12-27(26)17-25)34-21-30(36)23-39-31-16-15-29(18-28(31)20-33)35(40(3,37)38)22-24-9-5-4-6-10-24/h4-18,30,34,36H,19,21-23H2,1-3H3/t30-/m1/s1. The number of aliphatic hydroxyl groups is 1. The minimum atomic E-state index is -3.60. The maximum absolute atomic E-state index is 12.5. The molecule has 7 nitrogen and oxygen atoms in total. The first-order valence-electron chi connectivity index (χ1n) is 13.1. The molecule has 0 aliphatic carbocycles. The Bertz CT molecular complexity index is 1600. The zero-order chi connectivity index (χ0) is 28.8. The van der Waals surface area contributed by atoms with Crippen molar-refractivity contribution in [1.82, 2.24) is 5.32 Å². The Morgan fingerprint density at radius 1 is 0.950 bits per heavy atom. The molecule has 0 saturated heterocycles. The van der Waals surface area contributed by atoms with Gasteiger partial charge in [-0.05, 0) is 60.4 Å². The van der Waals surface area contributed by atoms with Crippen LogP contribution in [0.3, 0.4) is 0 Å². The number of nitriles is 1. The highest BCUT2D eigenvalue weighted by atomic mass is 32.2. The minimum absolute atomic E-state index is 0.0209. The number of hydrogen-bond donors (Lipinski definition) is 2. The quantitative estimate of drug-likeness (QED) is 0.253. The summed E-state index contributed by atoms with van der Waals surface area (Å²) < 4.78 is 32.1. The fraction of sp³-hybridized carbons (Fsp3) is 0.281. The van der Waals surface area contributed by atoms with E-state index in [9.17, 15) is 18.8 Å². The summed E-state index contributed by atoms with van der Waals surface area (Å²) in [7, 11) is -3.60. The third-order valence-electron chi connectivity index (χ3n) is 6.65. The number of rotatable bonds is 12. The van der Waals surface area contributed by atoms with Gasteiger partial charge in [-0.1, -0.05) is 72.8 Å². The van der Waals surface area contributed by atoms with Crippen LogP contribution in [0.4, 0.5) is 5.69 Å². The maximum atomic E-state index is 12.5. The number of anilines is 1. The summed E-state index contributed by atoms with van der Waals surface area (Å²) in [6.07, 6.45) is 1.11. The van der Waals surface area contributed by atoms with Gasteiger partial charge in [-0.25, -0.2) is 8.42 Å². The zero-order valence-corrected chi connectivity index (χ0v) is 23.9. The molecule has 2 N–H and O–H groups in total. The third kappa shape index (κ3) is 7.82. The molecule has 0 amide bonds. The molecule has 208 valence electrons. The maximum Gasteiger partial charge on any atom is 0.232 e. The van der Waals surface area contributed by atoms with E-state index in [-0.39, 0.29) is 30.0 Å². The Balaban J connectivity index is 1.36. The first-order chi connectivity index (χ1) is 19.0. The number of benzene rings is 4. The van der Waals surface area contributed by atoms with Crippen LogP contribution in [-0.2, 0) is 23.0 Å². The molecule has 0 bridgehead atoms. The number of nitrogens with zero attached hydrogens (tertiary/aromatic N) is 2. The first-order valence-corrected chi connectivity index (χ1v) is 15.0. The Hall–Kier alpha value is -3.90. The lowest BCUT2D eigenvalue weighted by Crippen LogP contribution is -2.46. The number of hydrogen-bond acceptors (Lipinski definition) is 6. The molecule has 0 saturated carbocycles. The van der Waals surface area contributed by atoms with Gasteiger partial charge in [-0.15, -0.1) is 0 Å². The number of sulfonamides is 1. The number of ether oxygens (including phenoxy) is 1. The Morgan fingerprint density at radius 3 is 2.35 bits per heavy atom. The molecule has 4 rings (SSSR count). The van der Waals surface area contributed by atoms with Crippen LogP contribution in [-0.4, -0.2) is 44.6 Å². The van der Waals surface area contributed by atoms with E-state index in [4.69, 9.17) is 4.74 Å². The summed E-state index contributed by atoms with van der Waals surface area (Å²) in [5, 5.41) is 26.1. The SMILES string of the molecule is CC(C)(Cc1ccc2ccccc2c1)NC[C@@H](O)COc1ccc(N(Cc2ccccc2)S(C)(=O)=O)cc1C#N. The van der Waals surface area contributed by atoms with Crippen molar-refractivity contribution < 1.29 is 18.3 Å². The molecular formula is C32H35N3O4S. The second kappa shape index (κ2) is 12.5. The number of aliphatic hydroxyl groups excluding tert-OH is 1. The zero-order valence-electron chi connectivity index (χ0n) is 23.0. The molecule has 0 aliphatic rings. The lowest BCUT2D eigenvalue weighted by Gasteiger charge is -2.28. The predicted molar refractivity (Wildman–Crippen MR) is 160 cm³/mol. The van der Waals surface area contributed by atoms with Gasteiger partial charge < -0.3 is 15.2 Å². The highest BCUT2D eigenvalue weighted by molar-refractivity contribution is 7.92. The van der Waals surface area contributed by atoms with Crippen LogP contribution in [0.25, 0.3) is 10.8 Å². The molecule has 1 atom stereocenters. The van der Waals surface area contributed by atoms with Crippen molar-refractivity contribution in [1.29, 1.82) is 5.26 Å². The van der Waals surface area contributed by atoms with Crippen LogP contribution in [0, 0.1) is 11.3 Å². The summed E-state index contributed by atoms with van der Waals surface area (Å²) in [5.41, 5.74) is 2.32. The van der Waals surface area contributed by atoms with E-state index in [1.54, 1.807) is 12.1 Å². The van der Waals surface area contributed by atoms with Gasteiger partial charge in [0, 0.05) is 12.1 Å². The van der Waals surface area contributed by atoms with Crippen molar-refractivity contribution in [2.75, 3.05) is 23.7 Å². The Morgan fingerprint density at radius 2 is 1.65 bits per heavy atom. The largest absolute Gasteiger partial charge is 0.489 e. The van der Waals surface area contributed by atoms with Crippen LogP contribution in [0.5, 0.6) is 5.75 Å². The van der Waals surface area contributed by atoms with Crippen molar-refractivity contribution in [3.05, 3.63) is 108 Å². The average Bonchev–Trinajstić information content (AvgIpc) is 2.93. The Kier molecular flexibility index (Phi) is 9.10. The van der Waals surface area contributed by atoms with E-state index >= 15 is 0 Å². The lowest BCUT2D eigenvalue weighted by atomic mass is 9.93. The third-order valence-corrected chi connectivity index (χ3v) is 7.79. The van der Waals surface area contributed by atoms with Crippen LogP contribution >= 0.6 is 0 Å². The van der Waals surface area contributed by atoms with E-state index in [1.807, 2.05) is 42.5 Å². The van der Waals surface area contributed by atoms with Crippen molar-refractivity contribution >= 4 is 26.5 Å². The molecular weight excluding hydrogens is 522 g/mol. The molecule has 0 radical (unpaired) electrons. The smallest absolute Gasteiger partial charge is 0.232 e. The molecule has 0 aliphatic heterocycles. The normalized spacial score (nSPS) is 12.6. The van der Waals surface area contributed by atoms with Crippen molar-refractivity contribution in [2.24, 2.45) is 0 Å². The van der Waals surface area contributed by atoms with Crippen LogP contribution in [0.2, 0.25) is 0 Å². The Labute approximate surface area is 236 Å². The second-order valence-corrected chi connectivity index (χ2v) is 12.5. The van der Waals surface area contributed by atoms with E-state index in [2.05, 4.69) is 55.6 Å². The summed E-state index contributed by atoms with van der Waals surface area (Å²) in [6.45, 7) is 4.60. The fourth-order valence-electron chi connectivity index (χ4n) is 4.60. The van der Waals surface area contributed by atoms with Crippen molar-refractivity contribution in [3.8, 4) is 11.8 Å². The van der Waals surface area contributed by atoms with Gasteiger partial charge in [0.25, 0.3) is 0 Å². The first kappa shape index (κ1) is 29.1. The van der Waals surface area contributed by atoms with Gasteiger partial charge in [0.15, 0.2) is 0 Å².